The van der Waals surface area contributed by atoms with Gasteiger partial charge in [0.25, 0.3) is 0 Å². The van der Waals surface area contributed by atoms with Gasteiger partial charge in [0.2, 0.25) is 0 Å². The Kier molecular flexibility index (Phi) is 71.4. The fraction of sp³-hybridized carbons (Fsp3) is 0.855. The quantitative estimate of drug-likeness (QED) is 0.0169. The number of hydrogen-bond donors (Lipinski definition) is 3. The number of allylic oxidation sites excluding steroid dienone is 8. The van der Waals surface area contributed by atoms with Crippen LogP contribution in [0.2, 0.25) is 0 Å². The maximum Gasteiger partial charge on any atom is 0.472 e. The number of hydrogen-bond acceptors (Lipinski definition) is 15. The fourth-order valence-electron chi connectivity index (χ4n) is 11.8. The topological polar surface area (TPSA) is 237 Å². The van der Waals surface area contributed by atoms with Crippen molar-refractivity contribution in [3.63, 3.8) is 0 Å². The summed E-state index contributed by atoms with van der Waals surface area (Å²) in [6.07, 6.45) is 69.7. The Morgan fingerprint density at radius 1 is 0.324 bits per heavy atom. The fourth-order valence-corrected chi connectivity index (χ4v) is 13.4. The van der Waals surface area contributed by atoms with Crippen molar-refractivity contribution in [2.75, 3.05) is 39.6 Å². The number of rotatable bonds is 78. The van der Waals surface area contributed by atoms with E-state index in [1.54, 1.807) is 0 Å². The average Bonchev–Trinajstić information content (AvgIpc) is 0.924. The number of aliphatic hydroxyl groups is 1. The van der Waals surface area contributed by atoms with E-state index >= 15 is 0 Å². The lowest BCUT2D eigenvalue weighted by atomic mass is 9.99. The minimum atomic E-state index is -4.98. The van der Waals surface area contributed by atoms with E-state index in [0.717, 1.165) is 128 Å². The minimum Gasteiger partial charge on any atom is -0.462 e. The molecule has 0 radical (unpaired) electrons. The van der Waals surface area contributed by atoms with Crippen LogP contribution in [0.25, 0.3) is 0 Å². The number of carbonyl (C=O) groups excluding carboxylic acids is 4. The standard InChI is InChI=1S/C83H154O17P2/c1-7-10-12-14-16-18-20-22-28-34-38-42-48-55-61-67-82(87)99-78(71-93-80(85)65-59-53-47-41-37-33-31-27-25-24-26-30-32-36-40-46-52-58-64-76(6)9-3)73-97-101(89,90)95-69-77(84)70-96-102(91,92)98-74-79(72-94-81(86)66-60-54-50-44-45-51-57-63-75(4)5)100-83(88)68-62-56-49-43-39-35-29-23-21-19-17-15-13-11-8-2/h18-23,28-29,75-79,84H,7-17,24-27,30-74H2,1-6H3,(H,89,90)(H,91,92)/b20-18-,21-19-,28-22-,29-23-/t76?,77?,78-,79-/m1/s1. The molecule has 4 unspecified atom stereocenters. The van der Waals surface area contributed by atoms with Gasteiger partial charge in [0.1, 0.15) is 19.3 Å². The molecule has 598 valence electrons. The predicted octanol–water partition coefficient (Wildman–Crippen LogP) is 24.2. The van der Waals surface area contributed by atoms with Gasteiger partial charge >= 0.3 is 39.5 Å². The van der Waals surface area contributed by atoms with E-state index in [4.69, 9.17) is 37.0 Å². The van der Waals surface area contributed by atoms with Gasteiger partial charge in [0.15, 0.2) is 12.2 Å². The minimum absolute atomic E-state index is 0.0818. The summed E-state index contributed by atoms with van der Waals surface area (Å²) in [5.74, 6) is -0.599. The second-order valence-corrected chi connectivity index (χ2v) is 32.1. The molecular weight excluding hydrogens is 1330 g/mol. The molecule has 0 fully saturated rings. The molecule has 0 saturated carbocycles. The van der Waals surface area contributed by atoms with Crippen LogP contribution in [0.1, 0.15) is 388 Å². The second kappa shape index (κ2) is 73.5. The molecule has 0 spiro atoms. The van der Waals surface area contributed by atoms with E-state index in [-0.39, 0.29) is 25.7 Å². The highest BCUT2D eigenvalue weighted by molar-refractivity contribution is 7.47. The lowest BCUT2D eigenvalue weighted by Crippen LogP contribution is -2.30. The van der Waals surface area contributed by atoms with Crippen LogP contribution in [-0.2, 0) is 65.4 Å². The SMILES string of the molecule is CCCCCC/C=C\C=C/CCCCCCCC(=O)O[C@H](COC(=O)CCCCCCCCCCCCCCCCCCCCC(C)CC)COP(=O)(O)OCC(O)COP(=O)(O)OC[C@@H](COC(=O)CCCCCCCCCC(C)C)OC(=O)CCCCCCC/C=C\C=C/CCCCCC. The van der Waals surface area contributed by atoms with E-state index in [0.29, 0.717) is 31.6 Å². The Hall–Kier alpha value is -2.98. The second-order valence-electron chi connectivity index (χ2n) is 29.2. The average molecular weight is 1490 g/mol. The summed E-state index contributed by atoms with van der Waals surface area (Å²) in [5, 5.41) is 10.6. The first-order chi connectivity index (χ1) is 49.4. The molecule has 0 heterocycles. The smallest absolute Gasteiger partial charge is 0.462 e. The highest BCUT2D eigenvalue weighted by atomic mass is 31.2. The Bertz CT molecular complexity index is 2150. The molecule has 0 bridgehead atoms. The van der Waals surface area contributed by atoms with Crippen LogP contribution < -0.4 is 0 Å². The van der Waals surface area contributed by atoms with Gasteiger partial charge in [-0.15, -0.1) is 0 Å². The Labute approximate surface area is 623 Å². The van der Waals surface area contributed by atoms with Crippen molar-refractivity contribution in [1.29, 1.82) is 0 Å². The lowest BCUT2D eigenvalue weighted by molar-refractivity contribution is -0.161. The van der Waals surface area contributed by atoms with Gasteiger partial charge < -0.3 is 33.8 Å². The molecule has 0 aromatic carbocycles. The number of ether oxygens (including phenoxy) is 4. The van der Waals surface area contributed by atoms with Crippen LogP contribution >= 0.6 is 15.6 Å². The molecule has 0 aliphatic rings. The molecule has 19 heteroatoms. The third kappa shape index (κ3) is 73.9. The van der Waals surface area contributed by atoms with E-state index in [1.165, 1.54) is 173 Å². The number of carbonyl (C=O) groups is 4. The molecule has 17 nitrogen and oxygen atoms in total. The molecule has 6 atom stereocenters. The first kappa shape index (κ1) is 99.0. The van der Waals surface area contributed by atoms with Gasteiger partial charge in [-0.1, -0.05) is 334 Å². The summed E-state index contributed by atoms with van der Waals surface area (Å²) >= 11 is 0. The van der Waals surface area contributed by atoms with Crippen molar-refractivity contribution < 1.29 is 80.2 Å². The molecule has 0 saturated heterocycles. The molecule has 0 aromatic rings. The Morgan fingerprint density at radius 2 is 0.578 bits per heavy atom. The molecule has 3 N–H and O–H groups in total. The monoisotopic (exact) mass is 1490 g/mol. The van der Waals surface area contributed by atoms with Gasteiger partial charge in [-0.25, -0.2) is 9.13 Å². The van der Waals surface area contributed by atoms with Crippen molar-refractivity contribution >= 4 is 39.5 Å². The summed E-state index contributed by atoms with van der Waals surface area (Å²) < 4.78 is 68.6. The molecule has 0 rings (SSSR count). The number of aliphatic hydroxyl groups excluding tert-OH is 1. The van der Waals surface area contributed by atoms with Crippen LogP contribution in [0.4, 0.5) is 0 Å². The first-order valence-corrected chi connectivity index (χ1v) is 44.7. The molecule has 0 aromatic heterocycles. The zero-order chi connectivity index (χ0) is 74.9. The number of esters is 4. The maximum atomic E-state index is 13.1. The van der Waals surface area contributed by atoms with Crippen LogP contribution in [0, 0.1) is 11.8 Å². The molecule has 102 heavy (non-hydrogen) atoms. The summed E-state index contributed by atoms with van der Waals surface area (Å²) in [5.41, 5.74) is 0. The third-order valence-corrected chi connectivity index (χ3v) is 20.5. The normalized spacial score (nSPS) is 14.5. The zero-order valence-corrected chi connectivity index (χ0v) is 67.7. The van der Waals surface area contributed by atoms with Crippen molar-refractivity contribution in [3.05, 3.63) is 48.6 Å². The van der Waals surface area contributed by atoms with Crippen molar-refractivity contribution in [3.8, 4) is 0 Å². The highest BCUT2D eigenvalue weighted by Gasteiger charge is 2.30. The molecule has 0 aliphatic carbocycles. The van der Waals surface area contributed by atoms with Gasteiger partial charge in [-0.05, 0) is 88.9 Å². The van der Waals surface area contributed by atoms with E-state index in [9.17, 15) is 43.2 Å². The van der Waals surface area contributed by atoms with Crippen molar-refractivity contribution in [2.45, 2.75) is 407 Å². The van der Waals surface area contributed by atoms with Gasteiger partial charge in [0, 0.05) is 25.7 Å². The summed E-state index contributed by atoms with van der Waals surface area (Å²) in [4.78, 5) is 73.0. The summed E-state index contributed by atoms with van der Waals surface area (Å²) in [6.45, 7) is 9.51. The van der Waals surface area contributed by atoms with E-state index in [2.05, 4.69) is 90.2 Å². The van der Waals surface area contributed by atoms with E-state index in [1.807, 2.05) is 0 Å². The summed E-state index contributed by atoms with van der Waals surface area (Å²) in [6, 6.07) is 0. The number of phosphoric acid groups is 2. The largest absolute Gasteiger partial charge is 0.472 e. The van der Waals surface area contributed by atoms with Crippen molar-refractivity contribution in [1.82, 2.24) is 0 Å². The van der Waals surface area contributed by atoms with Crippen LogP contribution in [-0.4, -0.2) is 96.7 Å². The lowest BCUT2D eigenvalue weighted by Gasteiger charge is -2.21. The number of unbranched alkanes of at least 4 members (excludes halogenated alkanes) is 41. The zero-order valence-electron chi connectivity index (χ0n) is 65.9. The molecule has 0 aliphatic heterocycles. The van der Waals surface area contributed by atoms with Crippen LogP contribution in [0.15, 0.2) is 48.6 Å². The third-order valence-electron chi connectivity index (χ3n) is 18.6. The summed E-state index contributed by atoms with van der Waals surface area (Å²) in [7, 11) is -9.95. The van der Waals surface area contributed by atoms with Crippen molar-refractivity contribution in [2.24, 2.45) is 11.8 Å². The highest BCUT2D eigenvalue weighted by Crippen LogP contribution is 2.45. The molecular formula is C83H154O17P2. The van der Waals surface area contributed by atoms with Gasteiger partial charge in [0.05, 0.1) is 26.4 Å². The van der Waals surface area contributed by atoms with Crippen LogP contribution in [0.5, 0.6) is 0 Å². The molecule has 0 amide bonds. The van der Waals surface area contributed by atoms with Gasteiger partial charge in [-0.2, -0.15) is 0 Å². The first-order valence-electron chi connectivity index (χ1n) is 41.7. The predicted molar refractivity (Wildman–Crippen MR) is 418 cm³/mol. The number of phosphoric ester groups is 2. The maximum absolute atomic E-state index is 13.1. The Morgan fingerprint density at radius 3 is 0.873 bits per heavy atom. The Balaban J connectivity index is 5.26. The van der Waals surface area contributed by atoms with Crippen LogP contribution in [0.3, 0.4) is 0 Å². The van der Waals surface area contributed by atoms with Gasteiger partial charge in [-0.3, -0.25) is 37.3 Å². The van der Waals surface area contributed by atoms with E-state index < -0.39 is 97.5 Å².